The highest BCUT2D eigenvalue weighted by molar-refractivity contribution is 6.02. The number of hydrogen-bond donors (Lipinski definition) is 1. The lowest BCUT2D eigenvalue weighted by atomic mass is 9.75. The molecule has 0 aliphatic heterocycles. The lowest BCUT2D eigenvalue weighted by molar-refractivity contribution is -0.159. The van der Waals surface area contributed by atoms with Crippen LogP contribution in [0.2, 0.25) is 0 Å². The standard InChI is InChI=1S/C22H31NO5/c1-13(2)17-10-9-14(3)11-19(17)28-20(25)12-27-22(26)18-8-6-7-15(4)21(18)23-16(5)24/h6-8,13-14,17,19H,9-12H2,1-5H3,(H,23,24). The monoisotopic (exact) mass is 389 g/mol. The Balaban J connectivity index is 1.98. The largest absolute Gasteiger partial charge is 0.460 e. The third-order valence-electron chi connectivity index (χ3n) is 5.36. The third-order valence-corrected chi connectivity index (χ3v) is 5.36. The molecule has 0 aromatic heterocycles. The van der Waals surface area contributed by atoms with Gasteiger partial charge in [0.2, 0.25) is 5.91 Å². The van der Waals surface area contributed by atoms with Crippen molar-refractivity contribution in [3.63, 3.8) is 0 Å². The van der Waals surface area contributed by atoms with Gasteiger partial charge >= 0.3 is 11.9 Å². The molecule has 1 saturated carbocycles. The molecular weight excluding hydrogens is 358 g/mol. The molecule has 2 rings (SSSR count). The van der Waals surface area contributed by atoms with Gasteiger partial charge in [0.05, 0.1) is 11.3 Å². The third kappa shape index (κ3) is 5.81. The number of carbonyl (C=O) groups excluding carboxylic acids is 3. The second-order valence-corrected chi connectivity index (χ2v) is 8.11. The summed E-state index contributed by atoms with van der Waals surface area (Å²) in [4.78, 5) is 36.1. The molecule has 1 aliphatic carbocycles. The first kappa shape index (κ1) is 21.9. The van der Waals surface area contributed by atoms with Crippen molar-refractivity contribution in [3.05, 3.63) is 29.3 Å². The van der Waals surface area contributed by atoms with E-state index >= 15 is 0 Å². The van der Waals surface area contributed by atoms with E-state index in [1.807, 2.05) is 0 Å². The molecule has 1 fully saturated rings. The first-order valence-electron chi connectivity index (χ1n) is 9.92. The SMILES string of the molecule is CC(=O)Nc1c(C)cccc1C(=O)OCC(=O)OC1CC(C)CCC1C(C)C. The summed E-state index contributed by atoms with van der Waals surface area (Å²) in [6, 6.07) is 5.04. The highest BCUT2D eigenvalue weighted by Crippen LogP contribution is 2.35. The molecular formula is C22H31NO5. The topological polar surface area (TPSA) is 81.7 Å². The number of anilines is 1. The quantitative estimate of drug-likeness (QED) is 0.740. The van der Waals surface area contributed by atoms with Crippen molar-refractivity contribution < 1.29 is 23.9 Å². The van der Waals surface area contributed by atoms with E-state index in [4.69, 9.17) is 9.47 Å². The summed E-state index contributed by atoms with van der Waals surface area (Å²) in [7, 11) is 0. The van der Waals surface area contributed by atoms with Gasteiger partial charge in [0.15, 0.2) is 6.61 Å². The van der Waals surface area contributed by atoms with E-state index in [2.05, 4.69) is 26.1 Å². The van der Waals surface area contributed by atoms with Gasteiger partial charge in [-0.15, -0.1) is 0 Å². The van der Waals surface area contributed by atoms with Crippen molar-refractivity contribution in [1.82, 2.24) is 0 Å². The molecule has 0 saturated heterocycles. The molecule has 3 unspecified atom stereocenters. The fraction of sp³-hybridized carbons (Fsp3) is 0.591. The number of para-hydroxylation sites is 1. The number of nitrogens with one attached hydrogen (secondary N) is 1. The van der Waals surface area contributed by atoms with Crippen LogP contribution >= 0.6 is 0 Å². The minimum atomic E-state index is -0.665. The number of carbonyl (C=O) groups is 3. The molecule has 28 heavy (non-hydrogen) atoms. The Bertz CT molecular complexity index is 728. The van der Waals surface area contributed by atoms with Gasteiger partial charge in [-0.2, -0.15) is 0 Å². The van der Waals surface area contributed by atoms with Crippen LogP contribution in [-0.2, 0) is 19.1 Å². The molecule has 1 amide bonds. The van der Waals surface area contributed by atoms with Gasteiger partial charge in [-0.1, -0.05) is 39.3 Å². The minimum absolute atomic E-state index is 0.135. The highest BCUT2D eigenvalue weighted by Gasteiger charge is 2.33. The Morgan fingerprint density at radius 3 is 2.57 bits per heavy atom. The summed E-state index contributed by atoms with van der Waals surface area (Å²) in [6.45, 7) is 9.16. The Hall–Kier alpha value is -2.37. The Morgan fingerprint density at radius 1 is 1.21 bits per heavy atom. The second-order valence-electron chi connectivity index (χ2n) is 8.11. The lowest BCUT2D eigenvalue weighted by Gasteiger charge is -2.36. The van der Waals surface area contributed by atoms with E-state index < -0.39 is 18.5 Å². The highest BCUT2D eigenvalue weighted by atomic mass is 16.6. The Kier molecular flexibility index (Phi) is 7.61. The molecule has 1 aromatic carbocycles. The van der Waals surface area contributed by atoms with Crippen LogP contribution in [0.4, 0.5) is 5.69 Å². The van der Waals surface area contributed by atoms with Crippen LogP contribution in [-0.4, -0.2) is 30.6 Å². The zero-order valence-corrected chi connectivity index (χ0v) is 17.4. The number of amides is 1. The van der Waals surface area contributed by atoms with Crippen molar-refractivity contribution in [2.75, 3.05) is 11.9 Å². The van der Waals surface area contributed by atoms with Gasteiger partial charge in [0.25, 0.3) is 0 Å². The molecule has 0 heterocycles. The molecule has 154 valence electrons. The van der Waals surface area contributed by atoms with Crippen molar-refractivity contribution >= 4 is 23.5 Å². The first-order chi connectivity index (χ1) is 13.2. The van der Waals surface area contributed by atoms with Crippen LogP contribution in [0.5, 0.6) is 0 Å². The van der Waals surface area contributed by atoms with E-state index in [0.29, 0.717) is 23.4 Å². The number of benzene rings is 1. The molecule has 6 nitrogen and oxygen atoms in total. The summed E-state index contributed by atoms with van der Waals surface area (Å²) in [5.74, 6) is -0.204. The predicted octanol–water partition coefficient (Wildman–Crippen LogP) is 4.11. The van der Waals surface area contributed by atoms with E-state index in [-0.39, 0.29) is 17.6 Å². The van der Waals surface area contributed by atoms with Crippen molar-refractivity contribution in [2.24, 2.45) is 17.8 Å². The predicted molar refractivity (Wildman–Crippen MR) is 107 cm³/mol. The van der Waals surface area contributed by atoms with Crippen LogP contribution in [0, 0.1) is 24.7 Å². The zero-order valence-electron chi connectivity index (χ0n) is 17.4. The summed E-state index contributed by atoms with van der Waals surface area (Å²) in [5, 5.41) is 2.64. The minimum Gasteiger partial charge on any atom is -0.460 e. The average molecular weight is 389 g/mol. The summed E-state index contributed by atoms with van der Waals surface area (Å²) < 4.78 is 10.8. The van der Waals surface area contributed by atoms with E-state index in [1.165, 1.54) is 6.92 Å². The molecule has 0 radical (unpaired) electrons. The molecule has 1 aromatic rings. The molecule has 0 spiro atoms. The van der Waals surface area contributed by atoms with Crippen LogP contribution in [0.1, 0.15) is 62.9 Å². The van der Waals surface area contributed by atoms with Crippen molar-refractivity contribution in [3.8, 4) is 0 Å². The van der Waals surface area contributed by atoms with Crippen molar-refractivity contribution in [2.45, 2.75) is 60.0 Å². The summed E-state index contributed by atoms with van der Waals surface area (Å²) in [5.41, 5.74) is 1.35. The maximum Gasteiger partial charge on any atom is 0.344 e. The second kappa shape index (κ2) is 9.71. The first-order valence-corrected chi connectivity index (χ1v) is 9.92. The van der Waals surface area contributed by atoms with Crippen LogP contribution < -0.4 is 5.32 Å². The lowest BCUT2D eigenvalue weighted by Crippen LogP contribution is -2.36. The van der Waals surface area contributed by atoms with E-state index in [1.54, 1.807) is 25.1 Å². The van der Waals surface area contributed by atoms with Gasteiger partial charge in [-0.05, 0) is 49.1 Å². The Morgan fingerprint density at radius 2 is 1.93 bits per heavy atom. The van der Waals surface area contributed by atoms with Crippen LogP contribution in [0.15, 0.2) is 18.2 Å². The molecule has 6 heteroatoms. The van der Waals surface area contributed by atoms with Crippen LogP contribution in [0.3, 0.4) is 0 Å². The number of esters is 2. The van der Waals surface area contributed by atoms with Gasteiger partial charge in [-0.25, -0.2) is 9.59 Å². The molecule has 0 bridgehead atoms. The van der Waals surface area contributed by atoms with Gasteiger partial charge in [0.1, 0.15) is 6.10 Å². The van der Waals surface area contributed by atoms with Gasteiger partial charge < -0.3 is 14.8 Å². The van der Waals surface area contributed by atoms with Crippen LogP contribution in [0.25, 0.3) is 0 Å². The summed E-state index contributed by atoms with van der Waals surface area (Å²) in [6.07, 6.45) is 2.89. The average Bonchev–Trinajstić information content (AvgIpc) is 2.61. The molecule has 1 N–H and O–H groups in total. The van der Waals surface area contributed by atoms with E-state index in [0.717, 1.165) is 24.8 Å². The van der Waals surface area contributed by atoms with Crippen molar-refractivity contribution in [1.29, 1.82) is 0 Å². The number of ether oxygens (including phenoxy) is 2. The molecule has 3 atom stereocenters. The number of hydrogen-bond acceptors (Lipinski definition) is 5. The van der Waals surface area contributed by atoms with Gasteiger partial charge in [0, 0.05) is 6.92 Å². The van der Waals surface area contributed by atoms with Gasteiger partial charge in [-0.3, -0.25) is 4.79 Å². The normalized spacial score (nSPS) is 21.9. The maximum atomic E-state index is 12.4. The molecule has 1 aliphatic rings. The zero-order chi connectivity index (χ0) is 20.8. The number of aryl methyl sites for hydroxylation is 1. The smallest absolute Gasteiger partial charge is 0.344 e. The summed E-state index contributed by atoms with van der Waals surface area (Å²) >= 11 is 0. The fourth-order valence-corrected chi connectivity index (χ4v) is 3.84. The van der Waals surface area contributed by atoms with E-state index in [9.17, 15) is 14.4 Å². The Labute approximate surface area is 167 Å². The fourth-order valence-electron chi connectivity index (χ4n) is 3.84. The maximum absolute atomic E-state index is 12.4. The number of rotatable bonds is 6.